The maximum Gasteiger partial charge on any atom is 0.263 e. The van der Waals surface area contributed by atoms with Gasteiger partial charge in [-0.25, -0.2) is 4.21 Å². The van der Waals surface area contributed by atoms with Gasteiger partial charge in [0.1, 0.15) is 16.7 Å². The second-order valence-electron chi connectivity index (χ2n) is 12.2. The highest BCUT2D eigenvalue weighted by Crippen LogP contribution is 2.47. The van der Waals surface area contributed by atoms with Crippen LogP contribution in [-0.4, -0.2) is 46.3 Å². The number of benzene rings is 2. The van der Waals surface area contributed by atoms with E-state index >= 15 is 0 Å². The lowest BCUT2D eigenvalue weighted by atomic mass is 9.68. The second kappa shape index (κ2) is 11.1. The molecule has 6 nitrogen and oxygen atoms in total. The van der Waals surface area contributed by atoms with E-state index in [-0.39, 0.29) is 28.6 Å². The summed E-state index contributed by atoms with van der Waals surface area (Å²) in [7, 11) is -1.47. The summed E-state index contributed by atoms with van der Waals surface area (Å²) in [5, 5.41) is 11.7. The molecule has 2 aliphatic carbocycles. The van der Waals surface area contributed by atoms with E-state index in [4.69, 9.17) is 16.3 Å². The molecule has 2 aliphatic heterocycles. The molecule has 1 saturated carbocycles. The zero-order valence-electron chi connectivity index (χ0n) is 22.7. The molecule has 2 N–H and O–H groups in total. The quantitative estimate of drug-likeness (QED) is 0.434. The normalized spacial score (nSPS) is 33.2. The average molecular weight is 571 g/mol. The molecule has 4 aliphatic rings. The van der Waals surface area contributed by atoms with E-state index in [0.29, 0.717) is 18.1 Å². The van der Waals surface area contributed by atoms with Crippen molar-refractivity contribution in [3.8, 4) is 5.75 Å². The Bertz CT molecular complexity index is 1270. The molecule has 1 spiro atoms. The first-order valence-corrected chi connectivity index (χ1v) is 16.1. The number of nitrogens with zero attached hydrogens (tertiary/aromatic N) is 1. The van der Waals surface area contributed by atoms with Crippen LogP contribution >= 0.6 is 11.6 Å². The number of hydrogen-bond acceptors (Lipinski definition) is 5. The molecule has 1 amide bonds. The summed E-state index contributed by atoms with van der Waals surface area (Å²) in [4.78, 5) is 15.6. The van der Waals surface area contributed by atoms with E-state index in [2.05, 4.69) is 21.8 Å². The summed E-state index contributed by atoms with van der Waals surface area (Å²) in [6.45, 7) is 4.08. The fourth-order valence-corrected chi connectivity index (χ4v) is 8.30. The number of carbonyl (C=O) groups is 1. The number of carbonyl (C=O) groups excluding carboxylic acids is 1. The van der Waals surface area contributed by atoms with Gasteiger partial charge in [-0.2, -0.15) is 0 Å². The topological polar surface area (TPSA) is 78.9 Å². The minimum absolute atomic E-state index is 0.143. The van der Waals surface area contributed by atoms with Gasteiger partial charge in [0.05, 0.1) is 23.6 Å². The summed E-state index contributed by atoms with van der Waals surface area (Å²) < 4.78 is 22.1. The molecule has 0 aromatic heterocycles. The van der Waals surface area contributed by atoms with Crippen LogP contribution in [0, 0.1) is 11.8 Å². The van der Waals surface area contributed by atoms with Crippen molar-refractivity contribution in [3.63, 3.8) is 0 Å². The van der Waals surface area contributed by atoms with Gasteiger partial charge in [0.2, 0.25) is 0 Å². The summed E-state index contributed by atoms with van der Waals surface area (Å²) in [5.74, 6) is 1.14. The van der Waals surface area contributed by atoms with Crippen molar-refractivity contribution in [1.29, 1.82) is 0 Å². The zero-order valence-corrected chi connectivity index (χ0v) is 24.2. The maximum atomic E-state index is 13.2. The number of aliphatic hydroxyl groups excluding tert-OH is 1. The predicted octanol–water partition coefficient (Wildman–Crippen LogP) is 5.56. The third-order valence-corrected chi connectivity index (χ3v) is 11.2. The molecule has 6 atom stereocenters. The number of amides is 1. The Kier molecular flexibility index (Phi) is 7.68. The second-order valence-corrected chi connectivity index (χ2v) is 14.2. The van der Waals surface area contributed by atoms with Crippen molar-refractivity contribution in [1.82, 2.24) is 4.72 Å². The minimum atomic E-state index is -1.47. The molecule has 2 aromatic rings. The molecule has 210 valence electrons. The van der Waals surface area contributed by atoms with E-state index in [0.717, 1.165) is 87.3 Å². The molecule has 39 heavy (non-hydrogen) atoms. The third-order valence-electron chi connectivity index (χ3n) is 9.64. The monoisotopic (exact) mass is 570 g/mol. The predicted molar refractivity (Wildman–Crippen MR) is 156 cm³/mol. The number of aryl methyl sites for hydroxylation is 1. The molecule has 0 radical (unpaired) electrons. The number of hydrogen-bond donors (Lipinski definition) is 2. The van der Waals surface area contributed by atoms with E-state index < -0.39 is 11.0 Å². The van der Waals surface area contributed by atoms with Gasteiger partial charge in [-0.05, 0) is 105 Å². The van der Waals surface area contributed by atoms with Crippen LogP contribution in [0.3, 0.4) is 0 Å². The fraction of sp³-hybridized carbons (Fsp3) is 0.581. The molecule has 2 bridgehead atoms. The SMILES string of the molecule is CC1CCCCC(O)C2CCC2CN2CC3(CCCc4cc(Cl)ccc43)COc3ccc(cc32)C(=O)NS1=O. The molecule has 2 heterocycles. The van der Waals surface area contributed by atoms with Crippen LogP contribution in [0.5, 0.6) is 5.75 Å². The molecular weight excluding hydrogens is 532 g/mol. The smallest absolute Gasteiger partial charge is 0.263 e. The molecule has 8 heteroatoms. The maximum absolute atomic E-state index is 13.2. The first-order chi connectivity index (χ1) is 18.8. The first-order valence-electron chi connectivity index (χ1n) is 14.5. The third kappa shape index (κ3) is 5.34. The van der Waals surface area contributed by atoms with E-state index in [1.807, 2.05) is 25.1 Å². The van der Waals surface area contributed by atoms with Gasteiger partial charge in [-0.15, -0.1) is 0 Å². The van der Waals surface area contributed by atoms with Crippen LogP contribution in [-0.2, 0) is 22.8 Å². The summed E-state index contributed by atoms with van der Waals surface area (Å²) >= 11 is 6.39. The van der Waals surface area contributed by atoms with Crippen molar-refractivity contribution in [2.75, 3.05) is 24.6 Å². The number of nitrogens with one attached hydrogen (secondary N) is 1. The lowest BCUT2D eigenvalue weighted by molar-refractivity contribution is 0.00905. The number of ether oxygens (including phenoxy) is 1. The van der Waals surface area contributed by atoms with Crippen molar-refractivity contribution in [3.05, 3.63) is 58.1 Å². The standard InChI is InChI=1S/C31H39ClN2O4S/c1-20-5-2-3-7-28(35)25-11-8-23(25)17-34-18-31(14-4-6-21-15-24(32)10-12-26(21)31)19-38-29-13-9-22(16-27(29)34)30(36)33-39(20)37/h9-10,12-13,15-16,20,23,25,28,35H,2-8,11,14,17-19H2,1H3,(H,33,36). The molecule has 6 rings (SSSR count). The van der Waals surface area contributed by atoms with Crippen LogP contribution in [0.25, 0.3) is 0 Å². The summed E-state index contributed by atoms with van der Waals surface area (Å²) in [6.07, 6.45) is 8.29. The number of rotatable bonds is 0. The first kappa shape index (κ1) is 27.1. The highest BCUT2D eigenvalue weighted by molar-refractivity contribution is 7.84. The van der Waals surface area contributed by atoms with Crippen molar-refractivity contribution in [2.24, 2.45) is 11.8 Å². The molecule has 0 saturated heterocycles. The summed E-state index contributed by atoms with van der Waals surface area (Å²) in [5.41, 5.74) is 3.82. The Morgan fingerprint density at radius 2 is 1.95 bits per heavy atom. The van der Waals surface area contributed by atoms with E-state index in [1.165, 1.54) is 11.1 Å². The molecule has 1 fully saturated rings. The Morgan fingerprint density at radius 3 is 2.77 bits per heavy atom. The van der Waals surface area contributed by atoms with E-state index in [9.17, 15) is 14.1 Å². The lowest BCUT2D eigenvalue weighted by Crippen LogP contribution is -2.49. The van der Waals surface area contributed by atoms with Crippen molar-refractivity contribution >= 4 is 34.2 Å². The zero-order chi connectivity index (χ0) is 27.1. The fourth-order valence-electron chi connectivity index (χ4n) is 7.22. The number of anilines is 1. The van der Waals surface area contributed by atoms with E-state index in [1.54, 1.807) is 6.07 Å². The van der Waals surface area contributed by atoms with Crippen LogP contribution in [0.4, 0.5) is 5.69 Å². The van der Waals surface area contributed by atoms with Crippen LogP contribution in [0.1, 0.15) is 79.8 Å². The van der Waals surface area contributed by atoms with Gasteiger partial charge >= 0.3 is 0 Å². The molecular formula is C31H39ClN2O4S. The number of fused-ring (bicyclic) bond motifs is 4. The van der Waals surface area contributed by atoms with Gasteiger partial charge in [-0.3, -0.25) is 9.52 Å². The van der Waals surface area contributed by atoms with Gasteiger partial charge in [0.25, 0.3) is 5.91 Å². The van der Waals surface area contributed by atoms with Gasteiger partial charge in [0.15, 0.2) is 0 Å². The van der Waals surface area contributed by atoms with Crippen molar-refractivity contribution < 1.29 is 18.8 Å². The van der Waals surface area contributed by atoms with Crippen LogP contribution < -0.4 is 14.4 Å². The van der Waals surface area contributed by atoms with Gasteiger partial charge in [0, 0.05) is 29.1 Å². The Balaban J connectivity index is 1.39. The summed E-state index contributed by atoms with van der Waals surface area (Å²) in [6, 6.07) is 11.9. The average Bonchev–Trinajstić information content (AvgIpc) is 3.05. The Morgan fingerprint density at radius 1 is 1.10 bits per heavy atom. The highest BCUT2D eigenvalue weighted by atomic mass is 35.5. The number of aliphatic hydroxyl groups is 1. The molecule has 6 unspecified atom stereocenters. The number of halogens is 1. The Labute approximate surface area is 239 Å². The Hall–Kier alpha value is -2.09. The van der Waals surface area contributed by atoms with Crippen LogP contribution in [0.2, 0.25) is 5.02 Å². The largest absolute Gasteiger partial charge is 0.490 e. The lowest BCUT2D eigenvalue weighted by Gasteiger charge is -2.45. The van der Waals surface area contributed by atoms with Gasteiger partial charge in [-0.1, -0.05) is 30.5 Å². The highest BCUT2D eigenvalue weighted by Gasteiger charge is 2.44. The minimum Gasteiger partial charge on any atom is -0.490 e. The molecule has 2 aromatic carbocycles. The van der Waals surface area contributed by atoms with Gasteiger partial charge < -0.3 is 14.7 Å². The van der Waals surface area contributed by atoms with Crippen molar-refractivity contribution in [2.45, 2.75) is 81.5 Å². The van der Waals surface area contributed by atoms with Crippen LogP contribution in [0.15, 0.2) is 36.4 Å².